The Hall–Kier alpha value is -2.11. The smallest absolute Gasteiger partial charge is 0.240 e. The van der Waals surface area contributed by atoms with Crippen LogP contribution in [0.2, 0.25) is 0 Å². The van der Waals surface area contributed by atoms with Crippen LogP contribution in [0.25, 0.3) is 11.0 Å². The molecule has 0 aliphatic carbocycles. The number of carbonyl (C=O) groups excluding carboxylic acids is 1. The Kier molecular flexibility index (Phi) is 2.95. The van der Waals surface area contributed by atoms with E-state index in [0.717, 1.165) is 11.0 Å². The number of aromatic nitrogens is 3. The van der Waals surface area contributed by atoms with Crippen LogP contribution in [0.3, 0.4) is 0 Å². The Morgan fingerprint density at radius 3 is 2.88 bits per heavy atom. The molecule has 0 spiro atoms. The molecule has 2 aromatic rings. The maximum Gasteiger partial charge on any atom is 0.240 e. The standard InChI is InChI=1S/C11H15N5O/c1-6(2)8(9(12)17)16-11-7-3-4-13-10(7)14-5-15-11/h3-6,8H,1-2H3,(H2,12,17)(H2,13,14,15,16)/t8-/m1/s1. The number of rotatable bonds is 4. The van der Waals surface area contributed by atoms with Crippen molar-refractivity contribution in [3.05, 3.63) is 18.6 Å². The van der Waals surface area contributed by atoms with E-state index in [0.29, 0.717) is 5.82 Å². The molecule has 17 heavy (non-hydrogen) atoms. The lowest BCUT2D eigenvalue weighted by molar-refractivity contribution is -0.119. The van der Waals surface area contributed by atoms with E-state index in [9.17, 15) is 4.79 Å². The number of primary amides is 1. The molecule has 1 atom stereocenters. The summed E-state index contributed by atoms with van der Waals surface area (Å²) in [7, 11) is 0. The van der Waals surface area contributed by atoms with Crippen LogP contribution in [0.4, 0.5) is 5.82 Å². The summed E-state index contributed by atoms with van der Waals surface area (Å²) in [6, 6.07) is 1.42. The lowest BCUT2D eigenvalue weighted by atomic mass is 10.0. The van der Waals surface area contributed by atoms with Crippen LogP contribution in [0.15, 0.2) is 18.6 Å². The van der Waals surface area contributed by atoms with Crippen molar-refractivity contribution < 1.29 is 4.79 Å². The predicted octanol–water partition coefficient (Wildman–Crippen LogP) is 0.880. The van der Waals surface area contributed by atoms with Gasteiger partial charge in [0.15, 0.2) is 0 Å². The van der Waals surface area contributed by atoms with Crippen LogP contribution in [0, 0.1) is 5.92 Å². The van der Waals surface area contributed by atoms with Crippen molar-refractivity contribution in [3.8, 4) is 0 Å². The van der Waals surface area contributed by atoms with Gasteiger partial charge in [-0.3, -0.25) is 4.79 Å². The van der Waals surface area contributed by atoms with Gasteiger partial charge in [-0.05, 0) is 12.0 Å². The van der Waals surface area contributed by atoms with Gasteiger partial charge in [-0.25, -0.2) is 9.97 Å². The molecule has 0 unspecified atom stereocenters. The second-order valence-corrected chi connectivity index (χ2v) is 4.23. The first kappa shape index (κ1) is 11.4. The summed E-state index contributed by atoms with van der Waals surface area (Å²) in [6.07, 6.45) is 3.22. The van der Waals surface area contributed by atoms with Gasteiger partial charge in [0.2, 0.25) is 5.91 Å². The molecule has 90 valence electrons. The summed E-state index contributed by atoms with van der Waals surface area (Å²) < 4.78 is 0. The van der Waals surface area contributed by atoms with Crippen LogP contribution >= 0.6 is 0 Å². The van der Waals surface area contributed by atoms with E-state index in [1.54, 1.807) is 6.20 Å². The summed E-state index contributed by atoms with van der Waals surface area (Å²) in [5.41, 5.74) is 6.08. The third-order valence-corrected chi connectivity index (χ3v) is 2.62. The highest BCUT2D eigenvalue weighted by Gasteiger charge is 2.20. The highest BCUT2D eigenvalue weighted by Crippen LogP contribution is 2.19. The molecule has 0 aromatic carbocycles. The quantitative estimate of drug-likeness (QED) is 0.730. The topological polar surface area (TPSA) is 96.7 Å². The largest absolute Gasteiger partial charge is 0.368 e. The highest BCUT2D eigenvalue weighted by molar-refractivity contribution is 5.90. The number of nitrogens with one attached hydrogen (secondary N) is 2. The SMILES string of the molecule is CC(C)[C@@H](Nc1ncnc2[nH]ccc12)C(N)=O. The Balaban J connectivity index is 2.34. The Bertz CT molecular complexity index is 533. The van der Waals surface area contributed by atoms with E-state index in [2.05, 4.69) is 20.3 Å². The molecule has 0 aliphatic rings. The summed E-state index contributed by atoms with van der Waals surface area (Å²) in [5.74, 6) is 0.326. The van der Waals surface area contributed by atoms with Crippen molar-refractivity contribution in [2.45, 2.75) is 19.9 Å². The van der Waals surface area contributed by atoms with Gasteiger partial charge in [-0.1, -0.05) is 13.8 Å². The molecule has 2 heterocycles. The van der Waals surface area contributed by atoms with Gasteiger partial charge in [-0.15, -0.1) is 0 Å². The fourth-order valence-electron chi connectivity index (χ4n) is 1.70. The second-order valence-electron chi connectivity index (χ2n) is 4.23. The number of amides is 1. The molecule has 0 aliphatic heterocycles. The number of nitrogens with zero attached hydrogens (tertiary/aromatic N) is 2. The van der Waals surface area contributed by atoms with Crippen molar-refractivity contribution in [2.24, 2.45) is 11.7 Å². The van der Waals surface area contributed by atoms with Crippen molar-refractivity contribution in [2.75, 3.05) is 5.32 Å². The number of nitrogens with two attached hydrogens (primary N) is 1. The predicted molar refractivity (Wildman–Crippen MR) is 65.3 cm³/mol. The zero-order chi connectivity index (χ0) is 12.4. The van der Waals surface area contributed by atoms with Crippen LogP contribution < -0.4 is 11.1 Å². The zero-order valence-electron chi connectivity index (χ0n) is 9.77. The third kappa shape index (κ3) is 2.20. The summed E-state index contributed by atoms with van der Waals surface area (Å²) in [4.78, 5) is 22.5. The van der Waals surface area contributed by atoms with Crippen LogP contribution in [0.1, 0.15) is 13.8 Å². The first-order chi connectivity index (χ1) is 8.09. The van der Waals surface area contributed by atoms with Crippen molar-refractivity contribution in [3.63, 3.8) is 0 Å². The van der Waals surface area contributed by atoms with Crippen molar-refractivity contribution in [1.82, 2.24) is 15.0 Å². The van der Waals surface area contributed by atoms with Crippen molar-refractivity contribution >= 4 is 22.8 Å². The van der Waals surface area contributed by atoms with Crippen LogP contribution in [-0.2, 0) is 4.79 Å². The number of carbonyl (C=O) groups is 1. The third-order valence-electron chi connectivity index (χ3n) is 2.62. The molecule has 0 saturated carbocycles. The van der Waals surface area contributed by atoms with Crippen molar-refractivity contribution in [1.29, 1.82) is 0 Å². The van der Waals surface area contributed by atoms with E-state index in [4.69, 9.17) is 5.73 Å². The van der Waals surface area contributed by atoms with Gasteiger partial charge in [0.05, 0.1) is 5.39 Å². The average Bonchev–Trinajstić information content (AvgIpc) is 2.73. The molecule has 0 radical (unpaired) electrons. The number of H-pyrrole nitrogens is 1. The summed E-state index contributed by atoms with van der Waals surface area (Å²) >= 11 is 0. The lowest BCUT2D eigenvalue weighted by Crippen LogP contribution is -2.39. The second kappa shape index (κ2) is 4.40. The Morgan fingerprint density at radius 2 is 2.24 bits per heavy atom. The minimum atomic E-state index is -0.442. The van der Waals surface area contributed by atoms with E-state index in [1.807, 2.05) is 19.9 Å². The Labute approximate surface area is 98.6 Å². The van der Waals surface area contributed by atoms with Gasteiger partial charge >= 0.3 is 0 Å². The first-order valence-corrected chi connectivity index (χ1v) is 5.43. The molecule has 4 N–H and O–H groups in total. The fourth-order valence-corrected chi connectivity index (χ4v) is 1.70. The van der Waals surface area contributed by atoms with E-state index >= 15 is 0 Å². The molecule has 0 saturated heterocycles. The summed E-state index contributed by atoms with van der Waals surface area (Å²) in [5, 5.41) is 3.91. The maximum absolute atomic E-state index is 11.3. The number of hydrogen-bond donors (Lipinski definition) is 3. The van der Waals surface area contributed by atoms with Crippen LogP contribution in [0.5, 0.6) is 0 Å². The Morgan fingerprint density at radius 1 is 1.47 bits per heavy atom. The number of anilines is 1. The zero-order valence-corrected chi connectivity index (χ0v) is 9.77. The lowest BCUT2D eigenvalue weighted by Gasteiger charge is -2.19. The molecule has 2 aromatic heterocycles. The number of hydrogen-bond acceptors (Lipinski definition) is 4. The van der Waals surface area contributed by atoms with Gasteiger partial charge in [0, 0.05) is 6.20 Å². The molecular weight excluding hydrogens is 218 g/mol. The van der Waals surface area contributed by atoms with E-state index < -0.39 is 6.04 Å². The molecule has 0 bridgehead atoms. The molecule has 0 fully saturated rings. The molecule has 6 heteroatoms. The minimum absolute atomic E-state index is 0.0939. The molecular formula is C11H15N5O. The first-order valence-electron chi connectivity index (χ1n) is 5.43. The fraction of sp³-hybridized carbons (Fsp3) is 0.364. The number of fused-ring (bicyclic) bond motifs is 1. The number of aromatic amines is 1. The van der Waals surface area contributed by atoms with Gasteiger partial charge in [0.1, 0.15) is 23.8 Å². The normalized spacial score (nSPS) is 12.9. The van der Waals surface area contributed by atoms with Gasteiger partial charge in [0.25, 0.3) is 0 Å². The minimum Gasteiger partial charge on any atom is -0.368 e. The van der Waals surface area contributed by atoms with Gasteiger partial charge in [-0.2, -0.15) is 0 Å². The molecule has 1 amide bonds. The molecule has 6 nitrogen and oxygen atoms in total. The van der Waals surface area contributed by atoms with E-state index in [1.165, 1.54) is 6.33 Å². The average molecular weight is 233 g/mol. The molecule has 2 rings (SSSR count). The van der Waals surface area contributed by atoms with Gasteiger partial charge < -0.3 is 16.0 Å². The van der Waals surface area contributed by atoms with Crippen LogP contribution in [-0.4, -0.2) is 26.9 Å². The monoisotopic (exact) mass is 233 g/mol. The highest BCUT2D eigenvalue weighted by atomic mass is 16.1. The summed E-state index contributed by atoms with van der Waals surface area (Å²) in [6.45, 7) is 3.86. The maximum atomic E-state index is 11.3. The van der Waals surface area contributed by atoms with E-state index in [-0.39, 0.29) is 11.8 Å².